The lowest BCUT2D eigenvalue weighted by atomic mass is 9.67. The van der Waals surface area contributed by atoms with E-state index in [4.69, 9.17) is 11.6 Å². The third kappa shape index (κ3) is 1.83. The standard InChI is InChI=1S/C18H22ClN/c19-16-10-6-8-14-13-7-2-3-9-15(13)18(20-17(14)16)11-4-1-5-12-18/h6,8,10,20H,1-5,7,9,11-12H2. The number of fused-ring (bicyclic) bond motifs is 3. The Kier molecular flexibility index (Phi) is 3.07. The van der Waals surface area contributed by atoms with Crippen molar-refractivity contribution in [1.29, 1.82) is 0 Å². The fraction of sp³-hybridized carbons (Fsp3) is 0.556. The number of anilines is 1. The van der Waals surface area contributed by atoms with E-state index in [0.29, 0.717) is 0 Å². The molecule has 1 saturated carbocycles. The van der Waals surface area contributed by atoms with Crippen molar-refractivity contribution in [1.82, 2.24) is 0 Å². The first-order chi connectivity index (χ1) is 9.80. The molecular formula is C18H22ClN. The summed E-state index contributed by atoms with van der Waals surface area (Å²) in [5, 5.41) is 4.78. The molecule has 1 N–H and O–H groups in total. The fourth-order valence-electron chi connectivity index (χ4n) is 4.53. The Morgan fingerprint density at radius 3 is 2.60 bits per heavy atom. The Hall–Kier alpha value is -0.950. The van der Waals surface area contributed by atoms with Gasteiger partial charge in [0.2, 0.25) is 0 Å². The van der Waals surface area contributed by atoms with Crippen LogP contribution in [0.4, 0.5) is 5.69 Å². The molecule has 1 fully saturated rings. The molecular weight excluding hydrogens is 266 g/mol. The number of rotatable bonds is 0. The number of allylic oxidation sites excluding steroid dienone is 1. The second-order valence-electron chi connectivity index (χ2n) is 6.59. The van der Waals surface area contributed by atoms with Crippen LogP contribution in [-0.2, 0) is 0 Å². The van der Waals surface area contributed by atoms with Crippen molar-refractivity contribution in [3.63, 3.8) is 0 Å². The summed E-state index contributed by atoms with van der Waals surface area (Å²) in [7, 11) is 0. The Balaban J connectivity index is 1.90. The second kappa shape index (κ2) is 4.80. The van der Waals surface area contributed by atoms with Gasteiger partial charge in [-0.3, -0.25) is 0 Å². The lowest BCUT2D eigenvalue weighted by molar-refractivity contribution is 0.353. The van der Waals surface area contributed by atoms with E-state index in [0.717, 1.165) is 5.02 Å². The number of para-hydroxylation sites is 1. The van der Waals surface area contributed by atoms with Gasteiger partial charge in [0, 0.05) is 5.56 Å². The molecule has 0 bridgehead atoms. The predicted molar refractivity (Wildman–Crippen MR) is 86.3 cm³/mol. The van der Waals surface area contributed by atoms with Crippen molar-refractivity contribution in [2.24, 2.45) is 0 Å². The summed E-state index contributed by atoms with van der Waals surface area (Å²) in [6, 6.07) is 6.38. The van der Waals surface area contributed by atoms with Crippen LogP contribution in [0.15, 0.2) is 23.8 Å². The summed E-state index contributed by atoms with van der Waals surface area (Å²) in [6.45, 7) is 0. The molecule has 0 saturated heterocycles. The zero-order valence-corrected chi connectivity index (χ0v) is 12.7. The number of hydrogen-bond donors (Lipinski definition) is 1. The van der Waals surface area contributed by atoms with Crippen LogP contribution in [0.25, 0.3) is 5.57 Å². The highest BCUT2D eigenvalue weighted by atomic mass is 35.5. The molecule has 1 aromatic rings. The number of hydrogen-bond acceptors (Lipinski definition) is 1. The first kappa shape index (κ1) is 12.8. The molecule has 1 heterocycles. The Bertz CT molecular complexity index is 567. The van der Waals surface area contributed by atoms with Gasteiger partial charge in [0.25, 0.3) is 0 Å². The summed E-state index contributed by atoms with van der Waals surface area (Å²) in [6.07, 6.45) is 11.9. The van der Waals surface area contributed by atoms with Crippen LogP contribution in [0.2, 0.25) is 5.02 Å². The average molecular weight is 288 g/mol. The molecule has 4 rings (SSSR count). The van der Waals surface area contributed by atoms with E-state index < -0.39 is 0 Å². The minimum Gasteiger partial charge on any atom is -0.374 e. The lowest BCUT2D eigenvalue weighted by Gasteiger charge is -2.47. The molecule has 20 heavy (non-hydrogen) atoms. The highest BCUT2D eigenvalue weighted by Crippen LogP contribution is 2.52. The smallest absolute Gasteiger partial charge is 0.0644 e. The quantitative estimate of drug-likeness (QED) is 0.636. The van der Waals surface area contributed by atoms with E-state index in [-0.39, 0.29) is 5.54 Å². The van der Waals surface area contributed by atoms with Gasteiger partial charge < -0.3 is 5.32 Å². The summed E-state index contributed by atoms with van der Waals surface area (Å²) in [5.74, 6) is 0. The fourth-order valence-corrected chi connectivity index (χ4v) is 4.75. The first-order valence-corrected chi connectivity index (χ1v) is 8.48. The summed E-state index contributed by atoms with van der Waals surface area (Å²) in [4.78, 5) is 0. The van der Waals surface area contributed by atoms with Gasteiger partial charge in [0.05, 0.1) is 16.2 Å². The maximum atomic E-state index is 6.49. The molecule has 1 aromatic carbocycles. The van der Waals surface area contributed by atoms with Crippen LogP contribution in [0.5, 0.6) is 0 Å². The van der Waals surface area contributed by atoms with Crippen molar-refractivity contribution in [2.45, 2.75) is 63.3 Å². The number of nitrogens with one attached hydrogen (secondary N) is 1. The van der Waals surface area contributed by atoms with Crippen molar-refractivity contribution >= 4 is 22.9 Å². The molecule has 106 valence electrons. The summed E-state index contributed by atoms with van der Waals surface area (Å²) < 4.78 is 0. The van der Waals surface area contributed by atoms with E-state index >= 15 is 0 Å². The largest absolute Gasteiger partial charge is 0.374 e. The summed E-state index contributed by atoms with van der Waals surface area (Å²) in [5.41, 5.74) is 6.15. The summed E-state index contributed by atoms with van der Waals surface area (Å²) >= 11 is 6.49. The molecule has 0 amide bonds. The van der Waals surface area contributed by atoms with Crippen LogP contribution in [0, 0.1) is 0 Å². The molecule has 1 spiro atoms. The predicted octanol–water partition coefficient (Wildman–Crippen LogP) is 5.80. The van der Waals surface area contributed by atoms with Crippen molar-refractivity contribution < 1.29 is 0 Å². The Morgan fingerprint density at radius 1 is 0.950 bits per heavy atom. The maximum absolute atomic E-state index is 6.49. The zero-order valence-electron chi connectivity index (χ0n) is 12.0. The van der Waals surface area contributed by atoms with Crippen LogP contribution < -0.4 is 5.32 Å². The molecule has 1 aliphatic heterocycles. The topological polar surface area (TPSA) is 12.0 Å². The van der Waals surface area contributed by atoms with Crippen LogP contribution in [0.3, 0.4) is 0 Å². The molecule has 0 atom stereocenters. The third-order valence-corrected chi connectivity index (χ3v) is 5.77. The van der Waals surface area contributed by atoms with E-state index in [1.807, 2.05) is 6.07 Å². The highest BCUT2D eigenvalue weighted by molar-refractivity contribution is 6.33. The van der Waals surface area contributed by atoms with Gasteiger partial charge in [-0.15, -0.1) is 0 Å². The van der Waals surface area contributed by atoms with Crippen molar-refractivity contribution in [3.8, 4) is 0 Å². The normalized spacial score (nSPS) is 24.1. The van der Waals surface area contributed by atoms with Gasteiger partial charge in [0.1, 0.15) is 0 Å². The van der Waals surface area contributed by atoms with Gasteiger partial charge in [-0.25, -0.2) is 0 Å². The first-order valence-electron chi connectivity index (χ1n) is 8.10. The number of halogens is 1. The molecule has 0 unspecified atom stereocenters. The lowest BCUT2D eigenvalue weighted by Crippen LogP contribution is -2.45. The Labute approximate surface area is 126 Å². The average Bonchev–Trinajstić information content (AvgIpc) is 2.50. The molecule has 3 aliphatic rings. The van der Waals surface area contributed by atoms with E-state index in [2.05, 4.69) is 17.4 Å². The van der Waals surface area contributed by atoms with Crippen molar-refractivity contribution in [2.75, 3.05) is 5.32 Å². The molecule has 2 aliphatic carbocycles. The van der Waals surface area contributed by atoms with E-state index in [1.165, 1.54) is 69.0 Å². The SMILES string of the molecule is Clc1cccc2c1NC1(CCCCC1)C1=C2CCCC1. The van der Waals surface area contributed by atoms with E-state index in [1.54, 1.807) is 11.1 Å². The highest BCUT2D eigenvalue weighted by Gasteiger charge is 2.41. The molecule has 0 aromatic heterocycles. The second-order valence-corrected chi connectivity index (χ2v) is 7.00. The van der Waals surface area contributed by atoms with Crippen LogP contribution in [-0.4, -0.2) is 5.54 Å². The monoisotopic (exact) mass is 287 g/mol. The van der Waals surface area contributed by atoms with Crippen LogP contribution >= 0.6 is 11.6 Å². The van der Waals surface area contributed by atoms with Gasteiger partial charge in [-0.1, -0.05) is 43.0 Å². The maximum Gasteiger partial charge on any atom is 0.0644 e. The minimum atomic E-state index is 0.228. The van der Waals surface area contributed by atoms with Gasteiger partial charge >= 0.3 is 0 Å². The third-order valence-electron chi connectivity index (χ3n) is 5.46. The number of benzene rings is 1. The van der Waals surface area contributed by atoms with Crippen LogP contribution in [0.1, 0.15) is 63.4 Å². The van der Waals surface area contributed by atoms with Crippen molar-refractivity contribution in [3.05, 3.63) is 34.4 Å². The Morgan fingerprint density at radius 2 is 1.75 bits per heavy atom. The molecule has 0 radical (unpaired) electrons. The minimum absolute atomic E-state index is 0.228. The van der Waals surface area contributed by atoms with Gasteiger partial charge in [-0.05, 0) is 55.7 Å². The molecule has 2 heteroatoms. The van der Waals surface area contributed by atoms with Gasteiger partial charge in [0.15, 0.2) is 0 Å². The molecule has 1 nitrogen and oxygen atoms in total. The van der Waals surface area contributed by atoms with Gasteiger partial charge in [-0.2, -0.15) is 0 Å². The van der Waals surface area contributed by atoms with E-state index in [9.17, 15) is 0 Å². The zero-order chi connectivity index (χ0) is 13.6.